The lowest BCUT2D eigenvalue weighted by Gasteiger charge is -2.36. The van der Waals surface area contributed by atoms with Gasteiger partial charge >= 0.3 is 0 Å². The Morgan fingerprint density at radius 1 is 1.05 bits per heavy atom. The van der Waals surface area contributed by atoms with Crippen LogP contribution in [0, 0.1) is 13.8 Å². The average Bonchev–Trinajstić information content (AvgIpc) is 2.49. The fourth-order valence-corrected chi connectivity index (χ4v) is 4.82. The van der Waals surface area contributed by atoms with Gasteiger partial charge in [0.2, 0.25) is 0 Å². The van der Waals surface area contributed by atoms with E-state index in [-0.39, 0.29) is 6.04 Å². The van der Waals surface area contributed by atoms with E-state index < -0.39 is 10.0 Å². The van der Waals surface area contributed by atoms with E-state index in [1.165, 1.54) is 0 Å². The van der Waals surface area contributed by atoms with Crippen molar-refractivity contribution in [2.75, 3.05) is 4.31 Å². The molecule has 3 rings (SSSR count). The standard InChI is InChI=1S/C18H21NO2S/c1-13-8-11-17(12-14(13)2)22(20,21)19-15(3)9-10-16-6-4-5-7-18(16)19/h4-8,11-12,15H,9-10H2,1-3H3/t15-/m0/s1. The summed E-state index contributed by atoms with van der Waals surface area (Å²) in [6.45, 7) is 5.92. The van der Waals surface area contributed by atoms with Crippen LogP contribution in [-0.4, -0.2) is 14.5 Å². The van der Waals surface area contributed by atoms with Crippen molar-refractivity contribution in [2.24, 2.45) is 0 Å². The fraction of sp³-hybridized carbons (Fsp3) is 0.333. The SMILES string of the molecule is Cc1ccc(S(=O)(=O)N2c3ccccc3CC[C@@H]2C)cc1C. The second-order valence-electron chi connectivity index (χ2n) is 6.06. The third-order valence-corrected chi connectivity index (χ3v) is 6.42. The summed E-state index contributed by atoms with van der Waals surface area (Å²) in [4.78, 5) is 0.374. The van der Waals surface area contributed by atoms with Gasteiger partial charge in [-0.3, -0.25) is 4.31 Å². The smallest absolute Gasteiger partial charge is 0.263 e. The number of sulfonamides is 1. The number of aryl methyl sites for hydroxylation is 3. The molecule has 0 bridgehead atoms. The van der Waals surface area contributed by atoms with Crippen molar-refractivity contribution in [3.8, 4) is 0 Å². The zero-order valence-electron chi connectivity index (χ0n) is 13.2. The number of nitrogens with zero attached hydrogens (tertiary/aromatic N) is 1. The molecule has 2 aromatic carbocycles. The van der Waals surface area contributed by atoms with Crippen LogP contribution in [0.3, 0.4) is 0 Å². The molecule has 2 aromatic rings. The van der Waals surface area contributed by atoms with E-state index in [9.17, 15) is 8.42 Å². The van der Waals surface area contributed by atoms with Gasteiger partial charge in [0.05, 0.1) is 10.6 Å². The third-order valence-electron chi connectivity index (χ3n) is 4.50. The number of hydrogen-bond donors (Lipinski definition) is 0. The van der Waals surface area contributed by atoms with Gasteiger partial charge in [-0.1, -0.05) is 24.3 Å². The van der Waals surface area contributed by atoms with Crippen molar-refractivity contribution in [3.63, 3.8) is 0 Å². The molecular weight excluding hydrogens is 294 g/mol. The molecule has 1 aliphatic heterocycles. The second kappa shape index (κ2) is 5.43. The fourth-order valence-electron chi connectivity index (χ4n) is 3.01. The van der Waals surface area contributed by atoms with Crippen LogP contribution in [0.25, 0.3) is 0 Å². The zero-order chi connectivity index (χ0) is 15.9. The van der Waals surface area contributed by atoms with E-state index in [2.05, 4.69) is 0 Å². The summed E-state index contributed by atoms with van der Waals surface area (Å²) in [6, 6.07) is 13.1. The Labute approximate surface area is 132 Å². The molecule has 0 amide bonds. The summed E-state index contributed by atoms with van der Waals surface area (Å²) >= 11 is 0. The van der Waals surface area contributed by atoms with Gasteiger partial charge in [-0.25, -0.2) is 8.42 Å². The van der Waals surface area contributed by atoms with Gasteiger partial charge in [-0.15, -0.1) is 0 Å². The maximum absolute atomic E-state index is 13.1. The van der Waals surface area contributed by atoms with Crippen LogP contribution < -0.4 is 4.31 Å². The van der Waals surface area contributed by atoms with Crippen LogP contribution in [0.1, 0.15) is 30.0 Å². The van der Waals surface area contributed by atoms with Crippen LogP contribution in [0.2, 0.25) is 0 Å². The number of hydrogen-bond acceptors (Lipinski definition) is 2. The quantitative estimate of drug-likeness (QED) is 0.844. The number of benzene rings is 2. The molecule has 1 heterocycles. The van der Waals surface area contributed by atoms with Crippen molar-refractivity contribution in [1.82, 2.24) is 0 Å². The number of anilines is 1. The Kier molecular flexibility index (Phi) is 3.73. The van der Waals surface area contributed by atoms with E-state index in [1.807, 2.05) is 51.1 Å². The highest BCUT2D eigenvalue weighted by Gasteiger charge is 2.33. The normalized spacial score (nSPS) is 18.1. The molecule has 0 saturated carbocycles. The predicted molar refractivity (Wildman–Crippen MR) is 89.8 cm³/mol. The summed E-state index contributed by atoms with van der Waals surface area (Å²) in [5.74, 6) is 0. The summed E-state index contributed by atoms with van der Waals surface area (Å²) in [5, 5.41) is 0. The van der Waals surface area contributed by atoms with Crippen LogP contribution >= 0.6 is 0 Å². The highest BCUT2D eigenvalue weighted by Crippen LogP contribution is 2.35. The Bertz CT molecular complexity index is 812. The molecule has 0 saturated heterocycles. The molecule has 1 atom stereocenters. The molecule has 0 N–H and O–H groups in total. The van der Waals surface area contributed by atoms with Crippen molar-refractivity contribution < 1.29 is 8.42 Å². The lowest BCUT2D eigenvalue weighted by atomic mass is 9.99. The van der Waals surface area contributed by atoms with Gasteiger partial charge < -0.3 is 0 Å². The molecule has 1 aliphatic rings. The monoisotopic (exact) mass is 315 g/mol. The van der Waals surface area contributed by atoms with E-state index >= 15 is 0 Å². The van der Waals surface area contributed by atoms with Crippen molar-refractivity contribution in [3.05, 3.63) is 59.2 Å². The van der Waals surface area contributed by atoms with Gasteiger partial charge in [-0.05, 0) is 68.5 Å². The molecule has 0 fully saturated rings. The third kappa shape index (κ3) is 2.41. The Morgan fingerprint density at radius 3 is 2.50 bits per heavy atom. The second-order valence-corrected chi connectivity index (χ2v) is 7.88. The summed E-state index contributed by atoms with van der Waals surface area (Å²) in [7, 11) is -3.53. The van der Waals surface area contributed by atoms with E-state index in [1.54, 1.807) is 16.4 Å². The van der Waals surface area contributed by atoms with Crippen LogP contribution in [0.4, 0.5) is 5.69 Å². The maximum Gasteiger partial charge on any atom is 0.264 e. The van der Waals surface area contributed by atoms with Crippen LogP contribution in [0.5, 0.6) is 0 Å². The first-order valence-corrected chi connectivity index (χ1v) is 9.05. The molecule has 116 valence electrons. The molecular formula is C18H21NO2S. The largest absolute Gasteiger partial charge is 0.264 e. The molecule has 22 heavy (non-hydrogen) atoms. The first-order chi connectivity index (χ1) is 10.4. The van der Waals surface area contributed by atoms with Gasteiger partial charge in [0, 0.05) is 6.04 Å². The first kappa shape index (κ1) is 15.1. The Balaban J connectivity index is 2.14. The minimum atomic E-state index is -3.53. The van der Waals surface area contributed by atoms with Gasteiger partial charge in [0.15, 0.2) is 0 Å². The van der Waals surface area contributed by atoms with Gasteiger partial charge in [0.1, 0.15) is 0 Å². The topological polar surface area (TPSA) is 37.4 Å². The average molecular weight is 315 g/mol. The van der Waals surface area contributed by atoms with Crippen molar-refractivity contribution in [1.29, 1.82) is 0 Å². The lowest BCUT2D eigenvalue weighted by Crippen LogP contribution is -2.42. The molecule has 0 unspecified atom stereocenters. The van der Waals surface area contributed by atoms with Crippen LogP contribution in [0.15, 0.2) is 47.4 Å². The summed E-state index contributed by atoms with van der Waals surface area (Å²) in [6.07, 6.45) is 1.78. The Hall–Kier alpha value is -1.81. The highest BCUT2D eigenvalue weighted by atomic mass is 32.2. The zero-order valence-corrected chi connectivity index (χ0v) is 14.0. The minimum absolute atomic E-state index is 0.0264. The van der Waals surface area contributed by atoms with E-state index in [4.69, 9.17) is 0 Å². The molecule has 0 aromatic heterocycles. The van der Waals surface area contributed by atoms with Gasteiger partial charge in [0.25, 0.3) is 10.0 Å². The van der Waals surface area contributed by atoms with E-state index in [0.717, 1.165) is 35.2 Å². The number of rotatable bonds is 2. The first-order valence-electron chi connectivity index (χ1n) is 7.61. The summed E-state index contributed by atoms with van der Waals surface area (Å²) in [5.41, 5.74) is 4.03. The van der Waals surface area contributed by atoms with Crippen molar-refractivity contribution in [2.45, 2.75) is 44.6 Å². The molecule has 0 aliphatic carbocycles. The predicted octanol–water partition coefficient (Wildman–Crippen LogP) is 3.83. The molecule has 4 heteroatoms. The number of para-hydroxylation sites is 1. The van der Waals surface area contributed by atoms with E-state index in [0.29, 0.717) is 4.90 Å². The maximum atomic E-state index is 13.1. The Morgan fingerprint density at radius 2 is 1.77 bits per heavy atom. The van der Waals surface area contributed by atoms with Crippen LogP contribution in [-0.2, 0) is 16.4 Å². The minimum Gasteiger partial charge on any atom is -0.263 e. The molecule has 3 nitrogen and oxygen atoms in total. The molecule has 0 radical (unpaired) electrons. The number of fused-ring (bicyclic) bond motifs is 1. The highest BCUT2D eigenvalue weighted by molar-refractivity contribution is 7.92. The molecule has 0 spiro atoms. The lowest BCUT2D eigenvalue weighted by molar-refractivity contribution is 0.563. The van der Waals surface area contributed by atoms with Gasteiger partial charge in [-0.2, -0.15) is 0 Å². The summed E-state index contributed by atoms with van der Waals surface area (Å²) < 4.78 is 27.9. The van der Waals surface area contributed by atoms with Crippen molar-refractivity contribution >= 4 is 15.7 Å².